The van der Waals surface area contributed by atoms with Gasteiger partial charge in [0.15, 0.2) is 0 Å². The van der Waals surface area contributed by atoms with Gasteiger partial charge in [0.1, 0.15) is 5.82 Å². The molecule has 0 saturated carbocycles. The highest BCUT2D eigenvalue weighted by Crippen LogP contribution is 2.26. The lowest BCUT2D eigenvalue weighted by molar-refractivity contribution is 0.534. The smallest absolute Gasteiger partial charge is 0.128 e. The lowest BCUT2D eigenvalue weighted by Gasteiger charge is -2.18. The Bertz CT molecular complexity index is 575. The van der Waals surface area contributed by atoms with Crippen molar-refractivity contribution in [2.24, 2.45) is 0 Å². The molecule has 0 saturated heterocycles. The van der Waals surface area contributed by atoms with Crippen LogP contribution >= 0.6 is 23.2 Å². The Morgan fingerprint density at radius 3 is 2.79 bits per heavy atom. The van der Waals surface area contributed by atoms with Crippen LogP contribution < -0.4 is 5.32 Å². The highest BCUT2D eigenvalue weighted by atomic mass is 35.5. The first-order valence-corrected chi connectivity index (χ1v) is 6.58. The third-order valence-corrected chi connectivity index (χ3v) is 3.54. The number of aromatic nitrogens is 1. The second-order valence-electron chi connectivity index (χ2n) is 4.18. The van der Waals surface area contributed by atoms with Crippen molar-refractivity contribution in [1.29, 1.82) is 0 Å². The van der Waals surface area contributed by atoms with E-state index in [0.29, 0.717) is 22.0 Å². The van der Waals surface area contributed by atoms with E-state index in [4.69, 9.17) is 23.2 Å². The van der Waals surface area contributed by atoms with Gasteiger partial charge in [0.2, 0.25) is 0 Å². The summed E-state index contributed by atoms with van der Waals surface area (Å²) < 4.78 is 13.9. The molecule has 1 N–H and O–H groups in total. The summed E-state index contributed by atoms with van der Waals surface area (Å²) in [6.07, 6.45) is 3.81. The summed E-state index contributed by atoms with van der Waals surface area (Å²) in [6, 6.07) is 6.17. The molecule has 1 heterocycles. The first-order valence-electron chi connectivity index (χ1n) is 5.82. The fourth-order valence-electron chi connectivity index (χ4n) is 1.94. The predicted molar refractivity (Wildman–Crippen MR) is 76.2 cm³/mol. The quantitative estimate of drug-likeness (QED) is 0.922. The molecule has 1 unspecified atom stereocenters. The zero-order valence-corrected chi connectivity index (χ0v) is 11.8. The van der Waals surface area contributed by atoms with Crippen molar-refractivity contribution < 1.29 is 4.39 Å². The van der Waals surface area contributed by atoms with Crippen molar-refractivity contribution in [3.63, 3.8) is 0 Å². The molecule has 100 valence electrons. The summed E-state index contributed by atoms with van der Waals surface area (Å²) in [5.41, 5.74) is 1.44. The summed E-state index contributed by atoms with van der Waals surface area (Å²) in [4.78, 5) is 3.93. The number of benzene rings is 1. The number of hydrogen-bond donors (Lipinski definition) is 1. The van der Waals surface area contributed by atoms with E-state index in [1.807, 2.05) is 6.07 Å². The second kappa shape index (κ2) is 6.33. The molecule has 0 radical (unpaired) electrons. The minimum atomic E-state index is -0.283. The molecule has 0 spiro atoms. The molecule has 0 aliphatic rings. The van der Waals surface area contributed by atoms with E-state index in [9.17, 15) is 4.39 Å². The molecule has 2 rings (SSSR count). The molecule has 0 aliphatic carbocycles. The topological polar surface area (TPSA) is 24.9 Å². The van der Waals surface area contributed by atoms with Crippen LogP contribution in [0.2, 0.25) is 10.0 Å². The Morgan fingerprint density at radius 2 is 2.11 bits per heavy atom. The Hall–Kier alpha value is -1.16. The lowest BCUT2D eigenvalue weighted by atomic mass is 9.99. The lowest BCUT2D eigenvalue weighted by Crippen LogP contribution is -2.20. The van der Waals surface area contributed by atoms with Crippen LogP contribution in [0, 0.1) is 5.82 Å². The van der Waals surface area contributed by atoms with E-state index < -0.39 is 0 Å². The van der Waals surface area contributed by atoms with Crippen LogP contribution in [0.25, 0.3) is 0 Å². The minimum absolute atomic E-state index is 0.196. The number of likely N-dealkylation sites (N-methyl/N-ethyl adjacent to an activating group) is 1. The van der Waals surface area contributed by atoms with E-state index in [-0.39, 0.29) is 11.9 Å². The molecule has 0 aliphatic heterocycles. The zero-order chi connectivity index (χ0) is 13.8. The van der Waals surface area contributed by atoms with Crippen LogP contribution in [0.5, 0.6) is 0 Å². The van der Waals surface area contributed by atoms with Crippen LogP contribution in [0.3, 0.4) is 0 Å². The summed E-state index contributed by atoms with van der Waals surface area (Å²) in [6.45, 7) is 0. The molecule has 0 fully saturated rings. The number of hydrogen-bond acceptors (Lipinski definition) is 2. The Labute approximate surface area is 121 Å². The number of pyridine rings is 1. The monoisotopic (exact) mass is 298 g/mol. The van der Waals surface area contributed by atoms with Crippen LogP contribution in [0.15, 0.2) is 36.7 Å². The molecule has 1 aromatic heterocycles. The zero-order valence-electron chi connectivity index (χ0n) is 10.3. The first-order chi connectivity index (χ1) is 9.11. The van der Waals surface area contributed by atoms with Crippen LogP contribution in [-0.4, -0.2) is 12.0 Å². The van der Waals surface area contributed by atoms with Crippen molar-refractivity contribution in [3.05, 3.63) is 63.6 Å². The highest BCUT2D eigenvalue weighted by Gasteiger charge is 2.16. The van der Waals surface area contributed by atoms with Gasteiger partial charge in [-0.3, -0.25) is 4.98 Å². The summed E-state index contributed by atoms with van der Waals surface area (Å²) in [5, 5.41) is 4.17. The van der Waals surface area contributed by atoms with Crippen molar-refractivity contribution in [1.82, 2.24) is 10.3 Å². The van der Waals surface area contributed by atoms with E-state index >= 15 is 0 Å². The maximum Gasteiger partial charge on any atom is 0.128 e. The number of nitrogens with zero attached hydrogens (tertiary/aromatic N) is 1. The minimum Gasteiger partial charge on any atom is -0.313 e. The first kappa shape index (κ1) is 14.3. The summed E-state index contributed by atoms with van der Waals surface area (Å²) >= 11 is 12.0. The van der Waals surface area contributed by atoms with Gasteiger partial charge in [-0.15, -0.1) is 0 Å². The van der Waals surface area contributed by atoms with E-state index in [1.165, 1.54) is 12.1 Å². The van der Waals surface area contributed by atoms with Gasteiger partial charge in [-0.25, -0.2) is 4.39 Å². The summed E-state index contributed by atoms with van der Waals surface area (Å²) in [7, 11) is 1.78. The van der Waals surface area contributed by atoms with E-state index in [2.05, 4.69) is 10.3 Å². The second-order valence-corrected chi connectivity index (χ2v) is 5.02. The average Bonchev–Trinajstić information content (AvgIpc) is 2.41. The molecule has 1 aromatic carbocycles. The normalized spacial score (nSPS) is 12.4. The van der Waals surface area contributed by atoms with Crippen molar-refractivity contribution in [3.8, 4) is 0 Å². The van der Waals surface area contributed by atoms with Crippen molar-refractivity contribution in [2.45, 2.75) is 12.5 Å². The van der Waals surface area contributed by atoms with Crippen molar-refractivity contribution >= 4 is 23.2 Å². The van der Waals surface area contributed by atoms with E-state index in [0.717, 1.165) is 5.56 Å². The molecule has 1 atom stereocenters. The van der Waals surface area contributed by atoms with Crippen LogP contribution in [0.4, 0.5) is 4.39 Å². The van der Waals surface area contributed by atoms with Gasteiger partial charge >= 0.3 is 0 Å². The molecule has 5 heteroatoms. The number of halogens is 3. The third kappa shape index (κ3) is 3.44. The van der Waals surface area contributed by atoms with Crippen LogP contribution in [0.1, 0.15) is 17.2 Å². The molecule has 19 heavy (non-hydrogen) atoms. The highest BCUT2D eigenvalue weighted by molar-refractivity contribution is 6.31. The van der Waals surface area contributed by atoms with Gasteiger partial charge in [0.05, 0.1) is 5.02 Å². The maximum atomic E-state index is 13.9. The van der Waals surface area contributed by atoms with Gasteiger partial charge in [-0.05, 0) is 43.3 Å². The van der Waals surface area contributed by atoms with Gasteiger partial charge in [0, 0.05) is 29.0 Å². The third-order valence-electron chi connectivity index (χ3n) is 2.96. The largest absolute Gasteiger partial charge is 0.313 e. The number of nitrogens with one attached hydrogen (secondary N) is 1. The Balaban J connectivity index is 2.30. The fraction of sp³-hybridized carbons (Fsp3) is 0.214. The number of rotatable bonds is 4. The van der Waals surface area contributed by atoms with Crippen molar-refractivity contribution in [2.75, 3.05) is 7.05 Å². The maximum absolute atomic E-state index is 13.9. The predicted octanol–water partition coefficient (Wildman–Crippen LogP) is 4.03. The standard InChI is InChI=1S/C14H13Cl2FN2/c1-18-14(6-9-4-5-19-8-12(9)16)11-7-10(15)2-3-13(11)17/h2-5,7-8,14,18H,6H2,1H3. The van der Waals surface area contributed by atoms with Gasteiger partial charge in [0.25, 0.3) is 0 Å². The molecular weight excluding hydrogens is 286 g/mol. The Morgan fingerprint density at radius 1 is 1.32 bits per heavy atom. The SMILES string of the molecule is CNC(Cc1ccncc1Cl)c1cc(Cl)ccc1F. The van der Waals surface area contributed by atoms with E-state index in [1.54, 1.807) is 25.5 Å². The van der Waals surface area contributed by atoms with Gasteiger partial charge in [-0.1, -0.05) is 23.2 Å². The van der Waals surface area contributed by atoms with Crippen LogP contribution in [-0.2, 0) is 6.42 Å². The van der Waals surface area contributed by atoms with Gasteiger partial charge in [-0.2, -0.15) is 0 Å². The Kier molecular flexibility index (Phi) is 4.75. The molecule has 2 aromatic rings. The summed E-state index contributed by atoms with van der Waals surface area (Å²) in [5.74, 6) is -0.283. The molecule has 0 bridgehead atoms. The average molecular weight is 299 g/mol. The fourth-order valence-corrected chi connectivity index (χ4v) is 2.32. The molecule has 2 nitrogen and oxygen atoms in total. The molecule has 0 amide bonds. The molecular formula is C14H13Cl2FN2. The van der Waals surface area contributed by atoms with Gasteiger partial charge < -0.3 is 5.32 Å².